The van der Waals surface area contributed by atoms with Crippen LogP contribution in [-0.4, -0.2) is 35.2 Å². The lowest BCUT2D eigenvalue weighted by Gasteiger charge is -2.39. The van der Waals surface area contributed by atoms with Crippen molar-refractivity contribution >= 4 is 5.97 Å². The summed E-state index contributed by atoms with van der Waals surface area (Å²) in [6, 6.07) is 14.6. The molecule has 0 radical (unpaired) electrons. The number of rotatable bonds is 8. The molecule has 224 valence electrons. The second-order valence-corrected chi connectivity index (χ2v) is 11.3. The number of alkyl halides is 6. The van der Waals surface area contributed by atoms with Gasteiger partial charge in [-0.2, -0.15) is 26.3 Å². The van der Waals surface area contributed by atoms with Crippen LogP contribution in [0.2, 0.25) is 0 Å². The molecule has 5 rings (SSSR count). The van der Waals surface area contributed by atoms with Crippen molar-refractivity contribution in [1.29, 1.82) is 0 Å². The number of carboxylic acids is 1. The number of piperidine rings is 1. The summed E-state index contributed by atoms with van der Waals surface area (Å²) in [5.74, 6) is -3.46. The summed E-state index contributed by atoms with van der Waals surface area (Å²) >= 11 is 0. The highest BCUT2D eigenvalue weighted by Crippen LogP contribution is 2.44. The summed E-state index contributed by atoms with van der Waals surface area (Å²) in [6.07, 6.45) is -6.82. The molecule has 1 saturated heterocycles. The molecule has 42 heavy (non-hydrogen) atoms. The highest BCUT2D eigenvalue weighted by Gasteiger charge is 2.42. The molecule has 2 atom stereocenters. The Morgan fingerprint density at radius 1 is 0.833 bits per heavy atom. The molecule has 0 bridgehead atoms. The molecule has 1 N–H and O–H groups in total. The molecule has 1 aliphatic carbocycles. The first kappa shape index (κ1) is 30.1. The highest BCUT2D eigenvalue weighted by molar-refractivity contribution is 5.78. The van der Waals surface area contributed by atoms with Gasteiger partial charge in [0.25, 0.3) is 0 Å². The van der Waals surface area contributed by atoms with Crippen LogP contribution in [0.15, 0.2) is 66.7 Å². The number of hydrogen-bond acceptors (Lipinski definition) is 2. The maximum Gasteiger partial charge on any atom is 0.416 e. The molecule has 1 saturated carbocycles. The van der Waals surface area contributed by atoms with Crippen molar-refractivity contribution in [3.8, 4) is 11.1 Å². The van der Waals surface area contributed by atoms with E-state index in [4.69, 9.17) is 0 Å². The van der Waals surface area contributed by atoms with E-state index in [1.165, 1.54) is 24.3 Å². The van der Waals surface area contributed by atoms with Gasteiger partial charge in [-0.25, -0.2) is 4.39 Å². The molecule has 2 fully saturated rings. The summed E-state index contributed by atoms with van der Waals surface area (Å²) in [5.41, 5.74) is 1.75. The van der Waals surface area contributed by atoms with E-state index < -0.39 is 47.6 Å². The van der Waals surface area contributed by atoms with Crippen LogP contribution < -0.4 is 0 Å². The second kappa shape index (κ2) is 11.7. The van der Waals surface area contributed by atoms with Crippen LogP contribution in [0.5, 0.6) is 0 Å². The maximum atomic E-state index is 13.9. The molecule has 3 nitrogen and oxygen atoms in total. The molecule has 3 aromatic rings. The van der Waals surface area contributed by atoms with Crippen molar-refractivity contribution in [1.82, 2.24) is 4.90 Å². The van der Waals surface area contributed by atoms with Gasteiger partial charge in [0.05, 0.1) is 23.4 Å². The quantitative estimate of drug-likeness (QED) is 0.265. The van der Waals surface area contributed by atoms with Crippen molar-refractivity contribution in [3.05, 3.63) is 94.8 Å². The van der Waals surface area contributed by atoms with Crippen molar-refractivity contribution in [2.45, 2.75) is 56.4 Å². The smallest absolute Gasteiger partial charge is 0.416 e. The van der Waals surface area contributed by atoms with Crippen LogP contribution in [0.25, 0.3) is 11.1 Å². The van der Waals surface area contributed by atoms with Gasteiger partial charge in [-0.3, -0.25) is 9.69 Å². The van der Waals surface area contributed by atoms with Crippen LogP contribution in [0, 0.1) is 17.7 Å². The van der Waals surface area contributed by atoms with Gasteiger partial charge in [0, 0.05) is 0 Å². The fourth-order valence-corrected chi connectivity index (χ4v) is 5.90. The predicted molar refractivity (Wildman–Crippen MR) is 143 cm³/mol. The number of hydrogen-bond donors (Lipinski definition) is 1. The summed E-state index contributed by atoms with van der Waals surface area (Å²) in [5, 5.41) is 10.0. The fraction of sp³-hybridized carbons (Fsp3) is 0.406. The zero-order valence-electron chi connectivity index (χ0n) is 22.6. The van der Waals surface area contributed by atoms with Crippen LogP contribution in [0.4, 0.5) is 30.7 Å². The van der Waals surface area contributed by atoms with E-state index in [1.54, 1.807) is 30.3 Å². The van der Waals surface area contributed by atoms with Gasteiger partial charge in [-0.05, 0) is 96.4 Å². The normalized spacial score (nSPS) is 18.5. The molecule has 3 aromatic carbocycles. The monoisotopic (exact) mass is 593 g/mol. The Morgan fingerprint density at radius 2 is 1.43 bits per heavy atom. The van der Waals surface area contributed by atoms with Gasteiger partial charge in [0.1, 0.15) is 5.82 Å². The first-order valence-electron chi connectivity index (χ1n) is 13.9. The molecule has 1 aliphatic heterocycles. The number of carboxylic acid groups (broad SMARTS) is 1. The van der Waals surface area contributed by atoms with Crippen molar-refractivity contribution in [2.24, 2.45) is 11.8 Å². The van der Waals surface area contributed by atoms with Gasteiger partial charge in [0.15, 0.2) is 0 Å². The van der Waals surface area contributed by atoms with Crippen LogP contribution >= 0.6 is 0 Å². The Labute approximate surface area is 239 Å². The minimum absolute atomic E-state index is 0.0971. The van der Waals surface area contributed by atoms with Crippen LogP contribution in [-0.2, 0) is 11.0 Å². The Kier molecular flexibility index (Phi) is 8.38. The Morgan fingerprint density at radius 3 is 1.95 bits per heavy atom. The molecule has 0 amide bonds. The Bertz CT molecular complexity index is 1390. The van der Waals surface area contributed by atoms with E-state index in [0.29, 0.717) is 40.2 Å². The van der Waals surface area contributed by atoms with Gasteiger partial charge in [-0.15, -0.1) is 0 Å². The number of carbonyl (C=O) groups is 1. The highest BCUT2D eigenvalue weighted by atomic mass is 19.4. The molecule has 10 heteroatoms. The molecular formula is C32H30F7NO2. The Balaban J connectivity index is 1.62. The van der Waals surface area contributed by atoms with Gasteiger partial charge in [0.2, 0.25) is 0 Å². The number of benzene rings is 3. The first-order chi connectivity index (χ1) is 19.8. The minimum Gasteiger partial charge on any atom is -0.481 e. The van der Waals surface area contributed by atoms with E-state index in [-0.39, 0.29) is 25.9 Å². The summed E-state index contributed by atoms with van der Waals surface area (Å²) in [7, 11) is 0. The van der Waals surface area contributed by atoms with E-state index in [1.807, 2.05) is 4.90 Å². The van der Waals surface area contributed by atoms with Crippen molar-refractivity contribution in [2.75, 3.05) is 13.1 Å². The molecule has 1 heterocycles. The topological polar surface area (TPSA) is 40.5 Å². The van der Waals surface area contributed by atoms with E-state index in [0.717, 1.165) is 25.0 Å². The zero-order chi connectivity index (χ0) is 30.2. The second-order valence-electron chi connectivity index (χ2n) is 11.3. The average molecular weight is 594 g/mol. The lowest BCUT2D eigenvalue weighted by molar-refractivity contribution is -0.185. The predicted octanol–water partition coefficient (Wildman–Crippen LogP) is 8.84. The number of nitrogens with zero attached hydrogens (tertiary/aromatic N) is 1. The zero-order valence-corrected chi connectivity index (χ0v) is 22.6. The largest absolute Gasteiger partial charge is 0.481 e. The first-order valence-corrected chi connectivity index (χ1v) is 13.9. The molecular weight excluding hydrogens is 563 g/mol. The van der Waals surface area contributed by atoms with E-state index >= 15 is 0 Å². The molecule has 0 aromatic heterocycles. The van der Waals surface area contributed by atoms with Crippen LogP contribution in [0.1, 0.15) is 66.3 Å². The van der Waals surface area contributed by atoms with Crippen LogP contribution in [0.3, 0.4) is 0 Å². The van der Waals surface area contributed by atoms with Crippen molar-refractivity contribution < 1.29 is 40.6 Å². The molecule has 2 aliphatic rings. The van der Waals surface area contributed by atoms with Crippen molar-refractivity contribution in [3.63, 3.8) is 0 Å². The average Bonchev–Trinajstić information content (AvgIpc) is 3.77. The number of halogens is 7. The summed E-state index contributed by atoms with van der Waals surface area (Å²) in [4.78, 5) is 14.1. The van der Waals surface area contributed by atoms with Gasteiger partial charge < -0.3 is 5.11 Å². The Hall–Kier alpha value is -3.40. The van der Waals surface area contributed by atoms with E-state index in [2.05, 4.69) is 0 Å². The van der Waals surface area contributed by atoms with Gasteiger partial charge in [-0.1, -0.05) is 49.2 Å². The van der Waals surface area contributed by atoms with E-state index in [9.17, 15) is 40.6 Å². The lowest BCUT2D eigenvalue weighted by atomic mass is 9.84. The van der Waals surface area contributed by atoms with Gasteiger partial charge >= 0.3 is 18.3 Å². The number of likely N-dealkylation sites (tertiary alicyclic amines) is 1. The molecule has 2 unspecified atom stereocenters. The fourth-order valence-electron chi connectivity index (χ4n) is 5.90. The lowest BCUT2D eigenvalue weighted by Crippen LogP contribution is -2.41. The SMILES string of the molecule is O=C(O)C(CC1CC1)c1ccc(C(c2ccc(F)cc2)N2CCC(C(F)(F)F)CC2)c(-c2ccc(C(F)(F)F)cc2)c1. The third-order valence-electron chi connectivity index (χ3n) is 8.40. The minimum atomic E-state index is -4.55. The third kappa shape index (κ3) is 6.80. The summed E-state index contributed by atoms with van der Waals surface area (Å²) < 4.78 is 94.3. The third-order valence-corrected chi connectivity index (χ3v) is 8.40. The maximum absolute atomic E-state index is 13.9. The number of aliphatic carboxylic acids is 1. The standard InChI is InChI=1S/C32H30F7NO2/c33-25-10-5-21(6-11-25)29(40-15-13-24(14-16-40)32(37,38)39)26-12-7-22(28(30(41)42)17-19-1-2-19)18-27(26)20-3-8-23(9-4-20)31(34,35)36/h3-12,18-19,24,28-29H,1-2,13-17H2,(H,41,42). The molecule has 0 spiro atoms. The summed E-state index contributed by atoms with van der Waals surface area (Å²) in [6.45, 7) is 0.194.